The van der Waals surface area contributed by atoms with E-state index in [1.54, 1.807) is 33.9 Å². The zero-order valence-electron chi connectivity index (χ0n) is 29.0. The summed E-state index contributed by atoms with van der Waals surface area (Å²) in [5.74, 6) is -1.72. The molecule has 2 N–H and O–H groups in total. The summed E-state index contributed by atoms with van der Waals surface area (Å²) in [5, 5.41) is 6.80. The molecule has 0 radical (unpaired) electrons. The number of carbonyl (C=O) groups is 4. The Balaban J connectivity index is 1.63. The van der Waals surface area contributed by atoms with Crippen molar-refractivity contribution in [2.24, 2.45) is 11.8 Å². The number of esters is 1. The van der Waals surface area contributed by atoms with Crippen LogP contribution in [0.1, 0.15) is 92.1 Å². The fraction of sp³-hybridized carbons (Fsp3) is 0.639. The average molecular weight is 653 g/mol. The standard InChI is InChI=1S/C36H52N4O7/c1-8-23(2)36(6,33(43)45-7)39-31(41)28-20-27(46-22-26-17-12-16-24-18-13-19-37-29(24)26)21-40(28)32(42)30(25-14-10-9-11-15-25)38-34(44)47-35(3,4)5/h12-13,16-19,23,25,27-28,30H,8-11,14-15,20-22H2,1-7H3,(H,38,44)(H,39,41)/t23-,27-,28+,30+,36?/m1/s1. The third-order valence-electron chi connectivity index (χ3n) is 9.69. The van der Waals surface area contributed by atoms with Crippen molar-refractivity contribution >= 4 is 34.8 Å². The molecule has 1 saturated carbocycles. The number of nitrogens with zero attached hydrogens (tertiary/aromatic N) is 2. The first-order valence-corrected chi connectivity index (χ1v) is 16.9. The van der Waals surface area contributed by atoms with E-state index in [1.807, 2.05) is 44.2 Å². The van der Waals surface area contributed by atoms with Gasteiger partial charge in [0.1, 0.15) is 23.2 Å². The van der Waals surface area contributed by atoms with Gasteiger partial charge in [-0.3, -0.25) is 14.6 Å². The number of amides is 3. The molecule has 11 nitrogen and oxygen atoms in total. The lowest BCUT2D eigenvalue weighted by Gasteiger charge is -2.37. The van der Waals surface area contributed by atoms with E-state index in [9.17, 15) is 19.2 Å². The number of carbonyl (C=O) groups excluding carboxylic acids is 4. The summed E-state index contributed by atoms with van der Waals surface area (Å²) in [7, 11) is 1.30. The van der Waals surface area contributed by atoms with E-state index >= 15 is 0 Å². The molecule has 1 unspecified atom stereocenters. The molecule has 47 heavy (non-hydrogen) atoms. The summed E-state index contributed by atoms with van der Waals surface area (Å²) in [6.45, 7) is 11.2. The number of alkyl carbamates (subject to hydrolysis) is 1. The normalized spacial score (nSPS) is 21.4. The van der Waals surface area contributed by atoms with Crippen molar-refractivity contribution in [2.45, 2.75) is 122 Å². The first-order valence-electron chi connectivity index (χ1n) is 16.9. The molecule has 11 heteroatoms. The lowest BCUT2D eigenvalue weighted by atomic mass is 9.83. The van der Waals surface area contributed by atoms with Crippen LogP contribution in [0.5, 0.6) is 0 Å². The number of hydrogen-bond acceptors (Lipinski definition) is 8. The second-order valence-electron chi connectivity index (χ2n) is 14.2. The van der Waals surface area contributed by atoms with Gasteiger partial charge in [0.25, 0.3) is 0 Å². The second kappa shape index (κ2) is 15.4. The number of nitrogens with one attached hydrogen (secondary N) is 2. The van der Waals surface area contributed by atoms with E-state index in [0.717, 1.165) is 48.6 Å². The van der Waals surface area contributed by atoms with Crippen LogP contribution in [0.4, 0.5) is 4.79 Å². The first kappa shape index (κ1) is 36.1. The third kappa shape index (κ3) is 8.80. The van der Waals surface area contributed by atoms with Gasteiger partial charge in [-0.1, -0.05) is 63.8 Å². The lowest BCUT2D eigenvalue weighted by Crippen LogP contribution is -2.62. The highest BCUT2D eigenvalue weighted by molar-refractivity contribution is 5.95. The minimum atomic E-state index is -1.31. The van der Waals surface area contributed by atoms with Gasteiger partial charge in [0, 0.05) is 30.1 Å². The Kier molecular flexibility index (Phi) is 11.9. The fourth-order valence-corrected chi connectivity index (χ4v) is 6.70. The van der Waals surface area contributed by atoms with Crippen molar-refractivity contribution in [3.63, 3.8) is 0 Å². The van der Waals surface area contributed by atoms with Crippen LogP contribution in [0, 0.1) is 11.8 Å². The number of rotatable bonds is 11. The zero-order chi connectivity index (χ0) is 34.4. The van der Waals surface area contributed by atoms with Crippen molar-refractivity contribution in [1.29, 1.82) is 0 Å². The number of para-hydroxylation sites is 1. The molecule has 1 aliphatic heterocycles. The molecule has 258 valence electrons. The fourth-order valence-electron chi connectivity index (χ4n) is 6.70. The molecule has 2 fully saturated rings. The minimum Gasteiger partial charge on any atom is -0.467 e. The average Bonchev–Trinajstić information content (AvgIpc) is 3.49. The van der Waals surface area contributed by atoms with Crippen LogP contribution in [-0.2, 0) is 35.2 Å². The lowest BCUT2D eigenvalue weighted by molar-refractivity contribution is -0.154. The smallest absolute Gasteiger partial charge is 0.408 e. The van der Waals surface area contributed by atoms with Crippen LogP contribution in [0.3, 0.4) is 0 Å². The number of ether oxygens (including phenoxy) is 3. The van der Waals surface area contributed by atoms with Crippen LogP contribution in [-0.4, -0.2) is 76.7 Å². The van der Waals surface area contributed by atoms with Gasteiger partial charge in [-0.05, 0) is 58.4 Å². The van der Waals surface area contributed by atoms with Crippen molar-refractivity contribution in [3.8, 4) is 0 Å². The molecule has 5 atom stereocenters. The Morgan fingerprint density at radius 1 is 1.04 bits per heavy atom. The number of pyridine rings is 1. The molecular weight excluding hydrogens is 600 g/mol. The summed E-state index contributed by atoms with van der Waals surface area (Å²) in [6.07, 6.45) is 5.95. The van der Waals surface area contributed by atoms with Crippen LogP contribution >= 0.6 is 0 Å². The highest BCUT2D eigenvalue weighted by atomic mass is 16.6. The van der Waals surface area contributed by atoms with Gasteiger partial charge in [0.05, 0.1) is 25.3 Å². The molecule has 2 aliphatic rings. The Morgan fingerprint density at radius 2 is 1.74 bits per heavy atom. The van der Waals surface area contributed by atoms with E-state index in [0.29, 0.717) is 6.42 Å². The number of aromatic nitrogens is 1. The number of fused-ring (bicyclic) bond motifs is 1. The summed E-state index contributed by atoms with van der Waals surface area (Å²) >= 11 is 0. The van der Waals surface area contributed by atoms with Crippen molar-refractivity contribution < 1.29 is 33.4 Å². The topological polar surface area (TPSA) is 136 Å². The molecule has 2 heterocycles. The van der Waals surface area contributed by atoms with E-state index in [-0.39, 0.29) is 37.3 Å². The predicted octanol–water partition coefficient (Wildman–Crippen LogP) is 5.29. The van der Waals surface area contributed by atoms with Crippen molar-refractivity contribution in [3.05, 3.63) is 42.1 Å². The van der Waals surface area contributed by atoms with Gasteiger partial charge >= 0.3 is 12.1 Å². The predicted molar refractivity (Wildman–Crippen MR) is 178 cm³/mol. The molecule has 4 rings (SSSR count). The van der Waals surface area contributed by atoms with Crippen LogP contribution < -0.4 is 10.6 Å². The van der Waals surface area contributed by atoms with E-state index in [2.05, 4.69) is 15.6 Å². The quantitative estimate of drug-likeness (QED) is 0.313. The monoisotopic (exact) mass is 652 g/mol. The summed E-state index contributed by atoms with van der Waals surface area (Å²) in [4.78, 5) is 60.7. The van der Waals surface area contributed by atoms with Gasteiger partial charge in [-0.2, -0.15) is 0 Å². The van der Waals surface area contributed by atoms with Gasteiger partial charge in [0.15, 0.2) is 0 Å². The summed E-state index contributed by atoms with van der Waals surface area (Å²) in [5.41, 5.74) is -0.322. The second-order valence-corrected chi connectivity index (χ2v) is 14.2. The van der Waals surface area contributed by atoms with Crippen molar-refractivity contribution in [2.75, 3.05) is 13.7 Å². The molecule has 0 bridgehead atoms. The van der Waals surface area contributed by atoms with Gasteiger partial charge in [-0.25, -0.2) is 9.59 Å². The van der Waals surface area contributed by atoms with Crippen LogP contribution in [0.25, 0.3) is 10.9 Å². The molecule has 1 aromatic carbocycles. The highest BCUT2D eigenvalue weighted by Gasteiger charge is 2.48. The maximum absolute atomic E-state index is 14.5. The zero-order valence-corrected chi connectivity index (χ0v) is 29.0. The van der Waals surface area contributed by atoms with Gasteiger partial charge < -0.3 is 29.7 Å². The molecule has 0 spiro atoms. The minimum absolute atomic E-state index is 0.102. The number of benzene rings is 1. The number of hydrogen-bond donors (Lipinski definition) is 2. The Hall–Kier alpha value is -3.73. The molecule has 3 amide bonds. The largest absolute Gasteiger partial charge is 0.467 e. The third-order valence-corrected chi connectivity index (χ3v) is 9.69. The van der Waals surface area contributed by atoms with Crippen molar-refractivity contribution in [1.82, 2.24) is 20.5 Å². The highest BCUT2D eigenvalue weighted by Crippen LogP contribution is 2.32. The van der Waals surface area contributed by atoms with Crippen LogP contribution in [0.2, 0.25) is 0 Å². The van der Waals surface area contributed by atoms with Gasteiger partial charge in [0.2, 0.25) is 11.8 Å². The summed E-state index contributed by atoms with van der Waals surface area (Å²) in [6, 6.07) is 7.95. The molecular formula is C36H52N4O7. The SMILES string of the molecule is CC[C@@H](C)C(C)(NC(=O)[C@@H]1C[C@@H](OCc2cccc3cccnc23)CN1C(=O)[C@@H](NC(=O)OC(C)(C)C)C1CCCCC1)C(=O)OC. The molecule has 1 aliphatic carbocycles. The maximum atomic E-state index is 14.5. The van der Waals surface area contributed by atoms with Crippen LogP contribution in [0.15, 0.2) is 36.5 Å². The summed E-state index contributed by atoms with van der Waals surface area (Å²) < 4.78 is 17.0. The number of methoxy groups -OCH3 is 1. The van der Waals surface area contributed by atoms with Gasteiger partial charge in [-0.15, -0.1) is 0 Å². The van der Waals surface area contributed by atoms with E-state index in [4.69, 9.17) is 14.2 Å². The Labute approximate surface area is 278 Å². The van der Waals surface area contributed by atoms with E-state index < -0.39 is 47.3 Å². The van der Waals surface area contributed by atoms with E-state index in [1.165, 1.54) is 12.0 Å². The molecule has 2 aromatic rings. The Morgan fingerprint density at radius 3 is 2.40 bits per heavy atom. The Bertz CT molecular complexity index is 1410. The molecule has 1 aromatic heterocycles. The number of likely N-dealkylation sites (tertiary alicyclic amines) is 1. The maximum Gasteiger partial charge on any atom is 0.408 e. The molecule has 1 saturated heterocycles. The first-order chi connectivity index (χ1) is 22.3.